The minimum atomic E-state index is -0.306. The molecular formula is C13H20N4O3. The Balaban J connectivity index is 1.64. The van der Waals surface area contributed by atoms with Crippen LogP contribution in [0, 0.1) is 0 Å². The largest absolute Gasteiger partial charge is 0.443 e. The smallest absolute Gasteiger partial charge is 0.407 e. The second-order valence-corrected chi connectivity index (χ2v) is 5.81. The molecule has 0 unspecified atom stereocenters. The molecule has 0 aliphatic carbocycles. The van der Waals surface area contributed by atoms with E-state index in [1.54, 1.807) is 0 Å². The summed E-state index contributed by atoms with van der Waals surface area (Å²) in [6.07, 6.45) is 2.18. The van der Waals surface area contributed by atoms with Crippen molar-refractivity contribution >= 4 is 12.1 Å². The first-order chi connectivity index (χ1) is 9.58. The molecule has 3 rings (SSSR count). The molecular weight excluding hydrogens is 260 g/mol. The van der Waals surface area contributed by atoms with Gasteiger partial charge in [-0.05, 0) is 0 Å². The predicted octanol–water partition coefficient (Wildman–Crippen LogP) is 1.66. The van der Waals surface area contributed by atoms with E-state index in [2.05, 4.69) is 20.4 Å². The van der Waals surface area contributed by atoms with Gasteiger partial charge >= 0.3 is 12.1 Å². The number of ether oxygens (including phenoxy) is 1. The molecule has 2 aliphatic rings. The van der Waals surface area contributed by atoms with E-state index in [-0.39, 0.29) is 17.6 Å². The number of amides is 1. The zero-order valence-electron chi connectivity index (χ0n) is 11.9. The minimum Gasteiger partial charge on any atom is -0.443 e. The Hall–Kier alpha value is -1.79. The summed E-state index contributed by atoms with van der Waals surface area (Å²) in [6, 6.07) is 0.573. The van der Waals surface area contributed by atoms with Gasteiger partial charge < -0.3 is 19.4 Å². The number of aromatic nitrogens is 2. The summed E-state index contributed by atoms with van der Waals surface area (Å²) < 4.78 is 11.2. The van der Waals surface area contributed by atoms with Gasteiger partial charge in [-0.1, -0.05) is 18.9 Å². The molecule has 0 atom stereocenters. The lowest BCUT2D eigenvalue weighted by molar-refractivity contribution is -0.0298. The molecule has 1 aromatic heterocycles. The average molecular weight is 280 g/mol. The van der Waals surface area contributed by atoms with Gasteiger partial charge in [0.15, 0.2) is 0 Å². The van der Waals surface area contributed by atoms with Crippen LogP contribution in [0.2, 0.25) is 0 Å². The van der Waals surface area contributed by atoms with Gasteiger partial charge in [-0.25, -0.2) is 4.79 Å². The monoisotopic (exact) mass is 280 g/mol. The van der Waals surface area contributed by atoms with Gasteiger partial charge in [0, 0.05) is 44.8 Å². The SMILES string of the molecule is CC(C)c1nnc(N2CCC3(CCNC(=O)O3)CC2)o1. The number of rotatable bonds is 2. The quantitative estimate of drug-likeness (QED) is 0.887. The first-order valence-electron chi connectivity index (χ1n) is 7.13. The molecule has 1 spiro atoms. The molecule has 0 radical (unpaired) electrons. The minimum absolute atomic E-state index is 0.234. The van der Waals surface area contributed by atoms with E-state index in [1.807, 2.05) is 13.8 Å². The number of hydrogen-bond acceptors (Lipinski definition) is 6. The van der Waals surface area contributed by atoms with Gasteiger partial charge in [0.05, 0.1) is 0 Å². The summed E-state index contributed by atoms with van der Waals surface area (Å²) in [5.74, 6) is 0.895. The molecule has 0 saturated carbocycles. The highest BCUT2D eigenvalue weighted by Crippen LogP contribution is 2.33. The van der Waals surface area contributed by atoms with E-state index in [4.69, 9.17) is 9.15 Å². The Bertz CT molecular complexity index is 492. The fourth-order valence-corrected chi connectivity index (χ4v) is 2.72. The maximum Gasteiger partial charge on any atom is 0.407 e. The number of alkyl carbamates (subject to hydrolysis) is 1. The second-order valence-electron chi connectivity index (χ2n) is 5.81. The van der Waals surface area contributed by atoms with Crippen LogP contribution in [0.15, 0.2) is 4.42 Å². The van der Waals surface area contributed by atoms with Crippen molar-refractivity contribution in [2.75, 3.05) is 24.5 Å². The Labute approximate surface area is 117 Å². The van der Waals surface area contributed by atoms with Crippen LogP contribution in [0.3, 0.4) is 0 Å². The van der Waals surface area contributed by atoms with Gasteiger partial charge in [0.25, 0.3) is 0 Å². The lowest BCUT2D eigenvalue weighted by Gasteiger charge is -2.42. The highest BCUT2D eigenvalue weighted by molar-refractivity contribution is 5.68. The summed E-state index contributed by atoms with van der Waals surface area (Å²) >= 11 is 0. The van der Waals surface area contributed by atoms with Crippen LogP contribution >= 0.6 is 0 Å². The maximum atomic E-state index is 11.4. The van der Waals surface area contributed by atoms with Crippen molar-refractivity contribution < 1.29 is 13.9 Å². The van der Waals surface area contributed by atoms with Gasteiger partial charge in [-0.2, -0.15) is 0 Å². The normalized spacial score (nSPS) is 21.9. The molecule has 2 aliphatic heterocycles. The third kappa shape index (κ3) is 2.44. The van der Waals surface area contributed by atoms with E-state index in [9.17, 15) is 4.79 Å². The Morgan fingerprint density at radius 1 is 1.25 bits per heavy atom. The van der Waals surface area contributed by atoms with E-state index in [0.717, 1.165) is 32.4 Å². The van der Waals surface area contributed by atoms with E-state index < -0.39 is 0 Å². The predicted molar refractivity (Wildman–Crippen MR) is 71.7 cm³/mol. The topological polar surface area (TPSA) is 80.5 Å². The first-order valence-corrected chi connectivity index (χ1v) is 7.13. The Morgan fingerprint density at radius 3 is 2.60 bits per heavy atom. The van der Waals surface area contributed by atoms with Crippen molar-refractivity contribution in [3.63, 3.8) is 0 Å². The molecule has 110 valence electrons. The fourth-order valence-electron chi connectivity index (χ4n) is 2.72. The number of nitrogens with zero attached hydrogens (tertiary/aromatic N) is 3. The Kier molecular flexibility index (Phi) is 3.27. The third-order valence-corrected chi connectivity index (χ3v) is 4.03. The fraction of sp³-hybridized carbons (Fsp3) is 0.769. The Morgan fingerprint density at radius 2 is 2.00 bits per heavy atom. The number of nitrogens with one attached hydrogen (secondary N) is 1. The van der Waals surface area contributed by atoms with Crippen LogP contribution in [-0.4, -0.2) is 41.5 Å². The molecule has 2 saturated heterocycles. The molecule has 0 aromatic carbocycles. The maximum absolute atomic E-state index is 11.4. The molecule has 1 aromatic rings. The molecule has 1 amide bonds. The zero-order valence-corrected chi connectivity index (χ0v) is 11.9. The highest BCUT2D eigenvalue weighted by Gasteiger charge is 2.41. The lowest BCUT2D eigenvalue weighted by Crippen LogP contribution is -2.53. The van der Waals surface area contributed by atoms with Crippen LogP contribution in [0.4, 0.5) is 10.8 Å². The molecule has 1 N–H and O–H groups in total. The number of carbonyl (C=O) groups is 1. The summed E-state index contributed by atoms with van der Waals surface area (Å²) in [5, 5.41) is 10.8. The zero-order chi connectivity index (χ0) is 14.2. The number of hydrogen-bond donors (Lipinski definition) is 1. The molecule has 2 fully saturated rings. The number of anilines is 1. The molecule has 20 heavy (non-hydrogen) atoms. The second kappa shape index (κ2) is 4.96. The van der Waals surface area contributed by atoms with Crippen LogP contribution in [0.1, 0.15) is 44.9 Å². The third-order valence-electron chi connectivity index (χ3n) is 4.03. The van der Waals surface area contributed by atoms with Crippen LogP contribution < -0.4 is 10.2 Å². The first kappa shape index (κ1) is 13.2. The highest BCUT2D eigenvalue weighted by atomic mass is 16.6. The van der Waals surface area contributed by atoms with Crippen LogP contribution in [0.25, 0.3) is 0 Å². The van der Waals surface area contributed by atoms with Gasteiger partial charge in [0.2, 0.25) is 5.89 Å². The van der Waals surface area contributed by atoms with E-state index in [0.29, 0.717) is 18.5 Å². The molecule has 7 heteroatoms. The van der Waals surface area contributed by atoms with E-state index >= 15 is 0 Å². The standard InChI is InChI=1S/C13H20N4O3/c1-9(2)10-15-16-11(19-10)17-7-4-13(5-8-17)3-6-14-12(18)20-13/h9H,3-8H2,1-2H3,(H,14,18). The van der Waals surface area contributed by atoms with Crippen LogP contribution in [-0.2, 0) is 4.74 Å². The van der Waals surface area contributed by atoms with Crippen molar-refractivity contribution in [2.24, 2.45) is 0 Å². The summed E-state index contributed by atoms with van der Waals surface area (Å²) in [7, 11) is 0. The average Bonchev–Trinajstić information content (AvgIpc) is 2.89. The van der Waals surface area contributed by atoms with Crippen LogP contribution in [0.5, 0.6) is 0 Å². The summed E-state index contributed by atoms with van der Waals surface area (Å²) in [6.45, 7) is 6.28. The van der Waals surface area contributed by atoms with Gasteiger partial charge in [-0.15, -0.1) is 5.10 Å². The molecule has 7 nitrogen and oxygen atoms in total. The number of carbonyl (C=O) groups excluding carboxylic acids is 1. The van der Waals surface area contributed by atoms with Crippen molar-refractivity contribution in [2.45, 2.75) is 44.6 Å². The van der Waals surface area contributed by atoms with Crippen molar-refractivity contribution in [1.29, 1.82) is 0 Å². The van der Waals surface area contributed by atoms with Crippen molar-refractivity contribution in [3.05, 3.63) is 5.89 Å². The van der Waals surface area contributed by atoms with Gasteiger partial charge in [0.1, 0.15) is 5.60 Å². The summed E-state index contributed by atoms with van der Waals surface area (Å²) in [4.78, 5) is 13.4. The number of piperidine rings is 1. The van der Waals surface area contributed by atoms with Crippen molar-refractivity contribution in [3.8, 4) is 0 Å². The lowest BCUT2D eigenvalue weighted by atomic mass is 9.87. The summed E-state index contributed by atoms with van der Waals surface area (Å²) in [5.41, 5.74) is -0.306. The van der Waals surface area contributed by atoms with Gasteiger partial charge in [-0.3, -0.25) is 0 Å². The van der Waals surface area contributed by atoms with E-state index in [1.165, 1.54) is 0 Å². The molecule has 3 heterocycles. The molecule has 0 bridgehead atoms. The van der Waals surface area contributed by atoms with Crippen molar-refractivity contribution in [1.82, 2.24) is 15.5 Å².